The Kier molecular flexibility index (Phi) is 6.20. The molecule has 5 nitrogen and oxygen atoms in total. The molecule has 140 valence electrons. The molecule has 8 atom stereocenters. The summed E-state index contributed by atoms with van der Waals surface area (Å²) in [6.07, 6.45) is 5.41. The van der Waals surface area contributed by atoms with Gasteiger partial charge in [0.25, 0.3) is 0 Å². The Bertz CT molecular complexity index is 407. The summed E-state index contributed by atoms with van der Waals surface area (Å²) in [5.74, 6) is 2.47. The molecule has 24 heavy (non-hydrogen) atoms. The van der Waals surface area contributed by atoms with Crippen LogP contribution in [0.15, 0.2) is 0 Å². The zero-order valence-electron chi connectivity index (χ0n) is 15.4. The molecule has 3 fully saturated rings. The number of hydrogen-bond donors (Lipinski definition) is 2. The monoisotopic (exact) mass is 341 g/mol. The van der Waals surface area contributed by atoms with E-state index >= 15 is 0 Å². The SMILES string of the molecule is COC1CCC(CC2CN(C)CC3CC(O)C(OC)CC23)CC1O. The number of methoxy groups -OCH3 is 2. The van der Waals surface area contributed by atoms with Gasteiger partial charge in [0.05, 0.1) is 24.4 Å². The van der Waals surface area contributed by atoms with Crippen molar-refractivity contribution < 1.29 is 19.7 Å². The van der Waals surface area contributed by atoms with Crippen molar-refractivity contribution in [3.05, 3.63) is 0 Å². The lowest BCUT2D eigenvalue weighted by molar-refractivity contribution is -0.103. The third kappa shape index (κ3) is 3.96. The van der Waals surface area contributed by atoms with Crippen LogP contribution in [0, 0.1) is 23.7 Å². The highest BCUT2D eigenvalue weighted by Crippen LogP contribution is 2.44. The first-order valence-corrected chi connectivity index (χ1v) is 9.62. The van der Waals surface area contributed by atoms with Gasteiger partial charge in [-0.15, -0.1) is 0 Å². The summed E-state index contributed by atoms with van der Waals surface area (Å²) in [6, 6.07) is 0. The van der Waals surface area contributed by atoms with Crippen molar-refractivity contribution in [1.82, 2.24) is 4.90 Å². The van der Waals surface area contributed by atoms with Gasteiger partial charge < -0.3 is 24.6 Å². The topological polar surface area (TPSA) is 62.2 Å². The van der Waals surface area contributed by atoms with Crippen LogP contribution in [-0.2, 0) is 9.47 Å². The molecule has 3 rings (SSSR count). The first-order valence-electron chi connectivity index (χ1n) is 9.62. The largest absolute Gasteiger partial charge is 0.390 e. The summed E-state index contributed by atoms with van der Waals surface area (Å²) in [5.41, 5.74) is 0. The predicted octanol–water partition coefficient (Wildman–Crippen LogP) is 1.52. The Balaban J connectivity index is 1.63. The average Bonchev–Trinajstić information content (AvgIpc) is 2.54. The third-order valence-corrected chi connectivity index (χ3v) is 6.89. The number of aliphatic hydroxyl groups excluding tert-OH is 2. The maximum Gasteiger partial charge on any atom is 0.0833 e. The zero-order chi connectivity index (χ0) is 17.3. The van der Waals surface area contributed by atoms with Crippen LogP contribution in [0.1, 0.15) is 38.5 Å². The molecule has 0 radical (unpaired) electrons. The van der Waals surface area contributed by atoms with E-state index in [-0.39, 0.29) is 24.4 Å². The Hall–Kier alpha value is -0.200. The van der Waals surface area contributed by atoms with E-state index in [0.29, 0.717) is 23.7 Å². The van der Waals surface area contributed by atoms with Gasteiger partial charge >= 0.3 is 0 Å². The van der Waals surface area contributed by atoms with Crippen LogP contribution in [0.2, 0.25) is 0 Å². The molecule has 0 aromatic rings. The molecule has 0 aromatic carbocycles. The van der Waals surface area contributed by atoms with E-state index in [9.17, 15) is 10.2 Å². The van der Waals surface area contributed by atoms with Gasteiger partial charge in [-0.25, -0.2) is 0 Å². The summed E-state index contributed by atoms with van der Waals surface area (Å²) in [4.78, 5) is 2.43. The number of aliphatic hydroxyl groups is 2. The minimum atomic E-state index is -0.317. The van der Waals surface area contributed by atoms with Crippen molar-refractivity contribution >= 4 is 0 Å². The van der Waals surface area contributed by atoms with Crippen molar-refractivity contribution in [2.24, 2.45) is 23.7 Å². The molecule has 5 heteroatoms. The minimum absolute atomic E-state index is 0.00743. The van der Waals surface area contributed by atoms with Crippen LogP contribution in [0.25, 0.3) is 0 Å². The number of piperidine rings is 1. The van der Waals surface area contributed by atoms with Gasteiger partial charge in [-0.05, 0) is 69.2 Å². The summed E-state index contributed by atoms with van der Waals surface area (Å²) in [7, 11) is 5.63. The fourth-order valence-corrected chi connectivity index (χ4v) is 5.68. The van der Waals surface area contributed by atoms with Crippen molar-refractivity contribution in [1.29, 1.82) is 0 Å². The molecule has 0 spiro atoms. The lowest BCUT2D eigenvalue weighted by Crippen LogP contribution is -2.52. The molecule has 3 aliphatic rings. The molecule has 8 unspecified atom stereocenters. The van der Waals surface area contributed by atoms with E-state index in [4.69, 9.17) is 9.47 Å². The molecule has 1 saturated heterocycles. The number of likely N-dealkylation sites (tertiary alicyclic amines) is 1. The van der Waals surface area contributed by atoms with E-state index in [0.717, 1.165) is 45.2 Å². The maximum absolute atomic E-state index is 10.3. The second kappa shape index (κ2) is 8.00. The van der Waals surface area contributed by atoms with Gasteiger partial charge in [0.1, 0.15) is 0 Å². The van der Waals surface area contributed by atoms with E-state index in [1.54, 1.807) is 14.2 Å². The Morgan fingerprint density at radius 3 is 2.29 bits per heavy atom. The third-order valence-electron chi connectivity index (χ3n) is 6.89. The minimum Gasteiger partial charge on any atom is -0.390 e. The molecule has 0 aromatic heterocycles. The summed E-state index contributed by atoms with van der Waals surface area (Å²) in [6.45, 7) is 2.22. The van der Waals surface area contributed by atoms with Crippen LogP contribution in [0.5, 0.6) is 0 Å². The van der Waals surface area contributed by atoms with Crippen molar-refractivity contribution in [2.45, 2.75) is 62.9 Å². The number of rotatable bonds is 4. The van der Waals surface area contributed by atoms with E-state index < -0.39 is 0 Å². The molecule has 0 bridgehead atoms. The maximum atomic E-state index is 10.3. The average molecular weight is 341 g/mol. The molecule has 2 aliphatic carbocycles. The number of ether oxygens (including phenoxy) is 2. The van der Waals surface area contributed by atoms with E-state index in [1.165, 1.54) is 6.42 Å². The lowest BCUT2D eigenvalue weighted by Gasteiger charge is -2.49. The van der Waals surface area contributed by atoms with Crippen LogP contribution in [0.4, 0.5) is 0 Å². The van der Waals surface area contributed by atoms with Crippen molar-refractivity contribution in [3.63, 3.8) is 0 Å². The summed E-state index contributed by atoms with van der Waals surface area (Å²) >= 11 is 0. The van der Waals surface area contributed by atoms with E-state index in [1.807, 2.05) is 0 Å². The zero-order valence-corrected chi connectivity index (χ0v) is 15.4. The first kappa shape index (κ1) is 18.6. The molecule has 0 amide bonds. The molecule has 1 heterocycles. The summed E-state index contributed by atoms with van der Waals surface area (Å²) < 4.78 is 10.9. The highest BCUT2D eigenvalue weighted by atomic mass is 16.5. The van der Waals surface area contributed by atoms with Crippen LogP contribution < -0.4 is 0 Å². The quantitative estimate of drug-likeness (QED) is 0.812. The van der Waals surface area contributed by atoms with Gasteiger partial charge in [0, 0.05) is 27.3 Å². The molecular formula is C19H35NO4. The normalized spacial score (nSPS) is 47.4. The number of fused-ring (bicyclic) bond motifs is 1. The highest BCUT2D eigenvalue weighted by molar-refractivity contribution is 4.95. The van der Waals surface area contributed by atoms with Crippen LogP contribution >= 0.6 is 0 Å². The smallest absolute Gasteiger partial charge is 0.0833 e. The Labute approximate surface area is 146 Å². The highest BCUT2D eigenvalue weighted by Gasteiger charge is 2.44. The molecule has 2 saturated carbocycles. The van der Waals surface area contributed by atoms with Crippen molar-refractivity contribution in [2.75, 3.05) is 34.4 Å². The molecular weight excluding hydrogens is 306 g/mol. The number of hydrogen-bond acceptors (Lipinski definition) is 5. The first-order chi connectivity index (χ1) is 11.5. The standard InChI is InChI=1S/C19H35NO4/c1-20-10-13(6-12-4-5-18(23-2)16(21)7-12)15-9-19(24-3)17(22)8-14(15)11-20/h12-19,21-22H,4-11H2,1-3H3. The predicted molar refractivity (Wildman–Crippen MR) is 92.8 cm³/mol. The van der Waals surface area contributed by atoms with Gasteiger partial charge in [-0.1, -0.05) is 0 Å². The number of nitrogens with zero attached hydrogens (tertiary/aromatic N) is 1. The Morgan fingerprint density at radius 1 is 0.917 bits per heavy atom. The second-order valence-corrected chi connectivity index (χ2v) is 8.47. The van der Waals surface area contributed by atoms with Gasteiger partial charge in [-0.3, -0.25) is 0 Å². The van der Waals surface area contributed by atoms with Gasteiger partial charge in [0.2, 0.25) is 0 Å². The molecule has 2 N–H and O–H groups in total. The van der Waals surface area contributed by atoms with Gasteiger partial charge in [-0.2, -0.15) is 0 Å². The van der Waals surface area contributed by atoms with Gasteiger partial charge in [0.15, 0.2) is 0 Å². The Morgan fingerprint density at radius 2 is 1.62 bits per heavy atom. The van der Waals surface area contributed by atoms with Crippen LogP contribution in [-0.4, -0.2) is 73.9 Å². The summed E-state index contributed by atoms with van der Waals surface area (Å²) in [5, 5.41) is 20.6. The fraction of sp³-hybridized carbons (Fsp3) is 1.00. The lowest BCUT2D eigenvalue weighted by atomic mass is 9.65. The fourth-order valence-electron chi connectivity index (χ4n) is 5.68. The van der Waals surface area contributed by atoms with E-state index in [2.05, 4.69) is 11.9 Å². The van der Waals surface area contributed by atoms with Crippen molar-refractivity contribution in [3.8, 4) is 0 Å². The molecule has 1 aliphatic heterocycles. The van der Waals surface area contributed by atoms with Crippen LogP contribution in [0.3, 0.4) is 0 Å². The second-order valence-electron chi connectivity index (χ2n) is 8.47.